The normalized spacial score (nSPS) is 25.1. The highest BCUT2D eigenvalue weighted by molar-refractivity contribution is 5.12. The second-order valence-corrected chi connectivity index (χ2v) is 5.03. The molecule has 0 saturated heterocycles. The Labute approximate surface area is 105 Å². The Kier molecular flexibility index (Phi) is 4.60. The van der Waals surface area contributed by atoms with Crippen LogP contribution in [0.15, 0.2) is 12.3 Å². The van der Waals surface area contributed by atoms with Crippen molar-refractivity contribution in [3.05, 3.63) is 18.0 Å². The number of hydrogen-bond acceptors (Lipinski definition) is 2. The standard InChI is InChI=1S/C14H25N3/c1-3-11-17-14(9-10-16-17)12-7-5-6-8-13(12)15-4-2/h9-10,12-13,15H,3-8,11H2,1-2H3. The molecule has 1 saturated carbocycles. The number of aryl methyl sites for hydroxylation is 1. The van der Waals surface area contributed by atoms with Crippen molar-refractivity contribution < 1.29 is 0 Å². The summed E-state index contributed by atoms with van der Waals surface area (Å²) in [5, 5.41) is 8.12. The van der Waals surface area contributed by atoms with Crippen LogP contribution in [0.2, 0.25) is 0 Å². The van der Waals surface area contributed by atoms with Gasteiger partial charge >= 0.3 is 0 Å². The highest BCUT2D eigenvalue weighted by atomic mass is 15.3. The lowest BCUT2D eigenvalue weighted by Crippen LogP contribution is -2.38. The predicted molar refractivity (Wildman–Crippen MR) is 71.2 cm³/mol. The third kappa shape index (κ3) is 2.89. The van der Waals surface area contributed by atoms with Crippen LogP contribution in [-0.4, -0.2) is 22.4 Å². The van der Waals surface area contributed by atoms with Gasteiger partial charge in [-0.2, -0.15) is 5.10 Å². The van der Waals surface area contributed by atoms with Gasteiger partial charge in [0.15, 0.2) is 0 Å². The molecule has 0 radical (unpaired) electrons. The number of nitrogens with one attached hydrogen (secondary N) is 1. The lowest BCUT2D eigenvalue weighted by Gasteiger charge is -2.32. The molecule has 0 aromatic carbocycles. The second kappa shape index (κ2) is 6.20. The molecule has 1 heterocycles. The Bertz CT molecular complexity index is 330. The minimum atomic E-state index is 0.654. The lowest BCUT2D eigenvalue weighted by atomic mass is 9.82. The van der Waals surface area contributed by atoms with E-state index in [0.29, 0.717) is 12.0 Å². The highest BCUT2D eigenvalue weighted by Gasteiger charge is 2.27. The first-order chi connectivity index (χ1) is 8.36. The molecule has 1 N–H and O–H groups in total. The summed E-state index contributed by atoms with van der Waals surface area (Å²) in [6.45, 7) is 6.55. The first-order valence-electron chi connectivity index (χ1n) is 7.11. The molecule has 0 amide bonds. The molecular weight excluding hydrogens is 210 g/mol. The predicted octanol–water partition coefficient (Wildman–Crippen LogP) is 2.93. The monoisotopic (exact) mass is 235 g/mol. The largest absolute Gasteiger partial charge is 0.314 e. The maximum Gasteiger partial charge on any atom is 0.0492 e. The number of hydrogen-bond donors (Lipinski definition) is 1. The van der Waals surface area contributed by atoms with Crippen LogP contribution < -0.4 is 5.32 Å². The Morgan fingerprint density at radius 3 is 2.94 bits per heavy atom. The average Bonchev–Trinajstić information content (AvgIpc) is 2.79. The van der Waals surface area contributed by atoms with Crippen LogP contribution in [0.4, 0.5) is 0 Å². The van der Waals surface area contributed by atoms with Gasteiger partial charge in [0.1, 0.15) is 0 Å². The summed E-state index contributed by atoms with van der Waals surface area (Å²) >= 11 is 0. The van der Waals surface area contributed by atoms with Crippen LogP contribution >= 0.6 is 0 Å². The molecule has 1 aromatic rings. The van der Waals surface area contributed by atoms with Gasteiger partial charge in [0.25, 0.3) is 0 Å². The molecule has 3 nitrogen and oxygen atoms in total. The zero-order chi connectivity index (χ0) is 12.1. The first-order valence-corrected chi connectivity index (χ1v) is 7.11. The average molecular weight is 235 g/mol. The van der Waals surface area contributed by atoms with E-state index in [4.69, 9.17) is 0 Å². The maximum atomic E-state index is 4.46. The zero-order valence-electron chi connectivity index (χ0n) is 11.2. The van der Waals surface area contributed by atoms with Gasteiger partial charge < -0.3 is 5.32 Å². The van der Waals surface area contributed by atoms with E-state index >= 15 is 0 Å². The van der Waals surface area contributed by atoms with Crippen LogP contribution in [0.25, 0.3) is 0 Å². The smallest absolute Gasteiger partial charge is 0.0492 e. The lowest BCUT2D eigenvalue weighted by molar-refractivity contribution is 0.318. The molecule has 1 aliphatic carbocycles. The van der Waals surface area contributed by atoms with Gasteiger partial charge in [-0.1, -0.05) is 26.7 Å². The van der Waals surface area contributed by atoms with Crippen LogP contribution in [-0.2, 0) is 6.54 Å². The van der Waals surface area contributed by atoms with Gasteiger partial charge in [-0.25, -0.2) is 0 Å². The van der Waals surface area contributed by atoms with Gasteiger partial charge in [0.2, 0.25) is 0 Å². The number of rotatable bonds is 5. The van der Waals surface area contributed by atoms with Crippen molar-refractivity contribution in [2.45, 2.75) is 64.5 Å². The van der Waals surface area contributed by atoms with Gasteiger partial charge in [-0.05, 0) is 31.9 Å². The van der Waals surface area contributed by atoms with Crippen molar-refractivity contribution >= 4 is 0 Å². The Morgan fingerprint density at radius 2 is 2.18 bits per heavy atom. The fourth-order valence-corrected chi connectivity index (χ4v) is 3.05. The van der Waals surface area contributed by atoms with Gasteiger partial charge in [0.05, 0.1) is 0 Å². The van der Waals surface area contributed by atoms with E-state index in [1.165, 1.54) is 31.4 Å². The van der Waals surface area contributed by atoms with Crippen molar-refractivity contribution in [2.75, 3.05) is 6.54 Å². The molecular formula is C14H25N3. The summed E-state index contributed by atoms with van der Waals surface area (Å²) in [5.74, 6) is 0.665. The van der Waals surface area contributed by atoms with E-state index in [1.54, 1.807) is 0 Å². The van der Waals surface area contributed by atoms with E-state index in [0.717, 1.165) is 19.5 Å². The minimum absolute atomic E-state index is 0.654. The van der Waals surface area contributed by atoms with Crippen molar-refractivity contribution in [1.29, 1.82) is 0 Å². The van der Waals surface area contributed by atoms with E-state index in [2.05, 4.69) is 35.0 Å². The van der Waals surface area contributed by atoms with E-state index in [9.17, 15) is 0 Å². The summed E-state index contributed by atoms with van der Waals surface area (Å²) in [4.78, 5) is 0. The summed E-state index contributed by atoms with van der Waals surface area (Å²) in [5.41, 5.74) is 1.44. The van der Waals surface area contributed by atoms with Crippen LogP contribution in [0, 0.1) is 0 Å². The number of likely N-dealkylation sites (N-methyl/N-ethyl adjacent to an activating group) is 1. The number of nitrogens with zero attached hydrogens (tertiary/aromatic N) is 2. The molecule has 2 atom stereocenters. The van der Waals surface area contributed by atoms with Crippen LogP contribution in [0.1, 0.15) is 57.6 Å². The zero-order valence-corrected chi connectivity index (χ0v) is 11.2. The summed E-state index contributed by atoms with van der Waals surface area (Å²) in [6, 6.07) is 2.87. The summed E-state index contributed by atoms with van der Waals surface area (Å²) < 4.78 is 2.21. The molecule has 17 heavy (non-hydrogen) atoms. The Morgan fingerprint density at radius 1 is 1.35 bits per heavy atom. The van der Waals surface area contributed by atoms with Crippen molar-refractivity contribution in [3.63, 3.8) is 0 Å². The van der Waals surface area contributed by atoms with Crippen LogP contribution in [0.3, 0.4) is 0 Å². The molecule has 1 aliphatic rings. The fourth-order valence-electron chi connectivity index (χ4n) is 3.05. The molecule has 1 aromatic heterocycles. The fraction of sp³-hybridized carbons (Fsp3) is 0.786. The summed E-state index contributed by atoms with van der Waals surface area (Å²) in [7, 11) is 0. The topological polar surface area (TPSA) is 29.9 Å². The SMILES string of the molecule is CCCn1nccc1C1CCCCC1NCC. The third-order valence-electron chi connectivity index (χ3n) is 3.80. The minimum Gasteiger partial charge on any atom is -0.314 e. The molecule has 96 valence electrons. The summed E-state index contributed by atoms with van der Waals surface area (Å²) in [6.07, 6.45) is 8.48. The molecule has 0 bridgehead atoms. The molecule has 0 spiro atoms. The van der Waals surface area contributed by atoms with Crippen molar-refractivity contribution in [2.24, 2.45) is 0 Å². The molecule has 3 heteroatoms. The number of aromatic nitrogens is 2. The van der Waals surface area contributed by atoms with Crippen molar-refractivity contribution in [1.82, 2.24) is 15.1 Å². The molecule has 1 fully saturated rings. The highest BCUT2D eigenvalue weighted by Crippen LogP contribution is 2.32. The van der Waals surface area contributed by atoms with Gasteiger partial charge in [-0.3, -0.25) is 4.68 Å². The Hall–Kier alpha value is -0.830. The third-order valence-corrected chi connectivity index (χ3v) is 3.80. The van der Waals surface area contributed by atoms with E-state index in [-0.39, 0.29) is 0 Å². The van der Waals surface area contributed by atoms with Gasteiger partial charge in [-0.15, -0.1) is 0 Å². The maximum absolute atomic E-state index is 4.46. The first kappa shape index (κ1) is 12.6. The quantitative estimate of drug-likeness (QED) is 0.850. The van der Waals surface area contributed by atoms with E-state index < -0.39 is 0 Å². The molecule has 2 unspecified atom stereocenters. The van der Waals surface area contributed by atoms with E-state index in [1.807, 2.05) is 6.20 Å². The van der Waals surface area contributed by atoms with Gasteiger partial charge in [0, 0.05) is 30.4 Å². The second-order valence-electron chi connectivity index (χ2n) is 5.03. The van der Waals surface area contributed by atoms with Crippen molar-refractivity contribution in [3.8, 4) is 0 Å². The molecule has 2 rings (SSSR count). The Balaban J connectivity index is 2.14. The molecule has 0 aliphatic heterocycles. The van der Waals surface area contributed by atoms with Crippen LogP contribution in [0.5, 0.6) is 0 Å².